The highest BCUT2D eigenvalue weighted by molar-refractivity contribution is 5.96. The number of rotatable bonds is 11. The predicted molar refractivity (Wildman–Crippen MR) is 152 cm³/mol. The van der Waals surface area contributed by atoms with E-state index in [-0.39, 0.29) is 37.5 Å². The summed E-state index contributed by atoms with van der Waals surface area (Å²) in [6, 6.07) is 2.42. The van der Waals surface area contributed by atoms with Gasteiger partial charge in [0.05, 0.1) is 38.7 Å². The van der Waals surface area contributed by atoms with Gasteiger partial charge in [-0.3, -0.25) is 14.4 Å². The van der Waals surface area contributed by atoms with Gasteiger partial charge in [0.2, 0.25) is 11.8 Å². The Labute approximate surface area is 246 Å². The summed E-state index contributed by atoms with van der Waals surface area (Å²) in [6.45, 7) is 0.594. The van der Waals surface area contributed by atoms with Crippen LogP contribution in [-0.4, -0.2) is 92.0 Å². The van der Waals surface area contributed by atoms with Crippen molar-refractivity contribution in [1.82, 2.24) is 10.2 Å². The molecule has 1 heterocycles. The molecule has 0 radical (unpaired) electrons. The van der Waals surface area contributed by atoms with Crippen LogP contribution < -0.4 is 14.8 Å². The number of amides is 2. The molecule has 4 unspecified atom stereocenters. The maximum atomic E-state index is 13.9. The largest absolute Gasteiger partial charge is 0.493 e. The van der Waals surface area contributed by atoms with Gasteiger partial charge in [-0.05, 0) is 79.9 Å². The maximum Gasteiger partial charge on any atom is 0.247 e. The van der Waals surface area contributed by atoms with Gasteiger partial charge in [0.25, 0.3) is 0 Å². The molecule has 7 rings (SSSR count). The average molecular weight is 583 g/mol. The summed E-state index contributed by atoms with van der Waals surface area (Å²) in [7, 11) is 3.03. The second-order valence-corrected chi connectivity index (χ2v) is 13.1. The molecule has 4 atom stereocenters. The monoisotopic (exact) mass is 582 g/mol. The molecule has 3 N–H and O–H groups in total. The zero-order chi connectivity index (χ0) is 29.6. The molecule has 4 saturated carbocycles. The topological polar surface area (TPSA) is 135 Å². The Morgan fingerprint density at radius 3 is 2.43 bits per heavy atom. The van der Waals surface area contributed by atoms with Gasteiger partial charge >= 0.3 is 0 Å². The van der Waals surface area contributed by atoms with Crippen LogP contribution in [-0.2, 0) is 14.3 Å². The first-order valence-corrected chi connectivity index (χ1v) is 15.2. The first-order valence-electron chi connectivity index (χ1n) is 15.2. The molecular formula is C32H42N2O8. The van der Waals surface area contributed by atoms with Gasteiger partial charge in [-0.2, -0.15) is 0 Å². The number of methoxy groups -OCH3 is 2. The van der Waals surface area contributed by atoms with E-state index in [1.165, 1.54) is 26.4 Å². The first kappa shape index (κ1) is 29.1. The molecule has 1 aromatic carbocycles. The highest BCUT2D eigenvalue weighted by Crippen LogP contribution is 2.60. The van der Waals surface area contributed by atoms with E-state index in [1.54, 1.807) is 30.2 Å². The van der Waals surface area contributed by atoms with Gasteiger partial charge in [-0.25, -0.2) is 0 Å². The lowest BCUT2D eigenvalue weighted by molar-refractivity contribution is -0.146. The minimum atomic E-state index is -1.14. The molecule has 228 valence electrons. The lowest BCUT2D eigenvalue weighted by Gasteiger charge is -2.58. The molecule has 6 aliphatic rings. The number of aldehydes is 1. The van der Waals surface area contributed by atoms with Crippen LogP contribution in [0.25, 0.3) is 0 Å². The van der Waals surface area contributed by atoms with E-state index in [2.05, 4.69) is 5.32 Å². The zero-order valence-corrected chi connectivity index (χ0v) is 24.4. The quantitative estimate of drug-likeness (QED) is 0.338. The fourth-order valence-corrected chi connectivity index (χ4v) is 9.10. The molecule has 5 aliphatic carbocycles. The Balaban J connectivity index is 1.40. The molecule has 0 spiro atoms. The number of ether oxygens (including phenoxy) is 3. The second-order valence-electron chi connectivity index (χ2n) is 13.1. The number of aliphatic hydroxyl groups excluding tert-OH is 2. The maximum absolute atomic E-state index is 13.9. The van der Waals surface area contributed by atoms with Crippen molar-refractivity contribution in [1.29, 1.82) is 0 Å². The van der Waals surface area contributed by atoms with E-state index in [1.807, 2.05) is 0 Å². The van der Waals surface area contributed by atoms with Gasteiger partial charge < -0.3 is 34.6 Å². The fraction of sp³-hybridized carbons (Fsp3) is 0.656. The number of carbonyl (C=O) groups is 3. The van der Waals surface area contributed by atoms with E-state index >= 15 is 0 Å². The normalized spacial score (nSPS) is 33.7. The van der Waals surface area contributed by atoms with E-state index < -0.39 is 30.1 Å². The van der Waals surface area contributed by atoms with E-state index in [0.717, 1.165) is 19.3 Å². The average Bonchev–Trinajstić information content (AvgIpc) is 3.36. The van der Waals surface area contributed by atoms with Crippen molar-refractivity contribution < 1.29 is 38.8 Å². The predicted octanol–water partition coefficient (Wildman–Crippen LogP) is 2.21. The SMILES string of the molecule is COCCC(=O)N(CC12CC3CC(CC(C3)C1)C2)C1C=C(C(=O)NCCO)C2c3cc(C=O)cc(OC)c3OC2C1O. The number of hydrogen-bond donors (Lipinski definition) is 3. The number of carbonyl (C=O) groups excluding carboxylic acids is 3. The third-order valence-corrected chi connectivity index (χ3v) is 10.3. The third-order valence-electron chi connectivity index (χ3n) is 10.3. The van der Waals surface area contributed by atoms with E-state index in [4.69, 9.17) is 14.2 Å². The van der Waals surface area contributed by atoms with Crippen molar-refractivity contribution in [3.63, 3.8) is 0 Å². The van der Waals surface area contributed by atoms with Crippen LogP contribution in [0, 0.1) is 23.2 Å². The summed E-state index contributed by atoms with van der Waals surface area (Å²) in [5, 5.41) is 24.1. The molecule has 2 amide bonds. The zero-order valence-electron chi connectivity index (χ0n) is 24.4. The van der Waals surface area contributed by atoms with E-state index in [9.17, 15) is 24.6 Å². The van der Waals surface area contributed by atoms with Gasteiger partial charge in [-0.1, -0.05) is 0 Å². The summed E-state index contributed by atoms with van der Waals surface area (Å²) < 4.78 is 17.1. The van der Waals surface area contributed by atoms with Crippen molar-refractivity contribution >= 4 is 18.1 Å². The first-order chi connectivity index (χ1) is 20.3. The van der Waals surface area contributed by atoms with Gasteiger partial charge in [0, 0.05) is 36.9 Å². The van der Waals surface area contributed by atoms with Crippen LogP contribution in [0.3, 0.4) is 0 Å². The number of nitrogens with zero attached hydrogens (tertiary/aromatic N) is 1. The van der Waals surface area contributed by atoms with Gasteiger partial charge in [-0.15, -0.1) is 0 Å². The Hall–Kier alpha value is -2.95. The molecular weight excluding hydrogens is 540 g/mol. The van der Waals surface area contributed by atoms with Gasteiger partial charge in [0.1, 0.15) is 18.5 Å². The van der Waals surface area contributed by atoms with Crippen LogP contribution in [0.5, 0.6) is 11.5 Å². The molecule has 10 nitrogen and oxygen atoms in total. The van der Waals surface area contributed by atoms with Crippen LogP contribution in [0.4, 0.5) is 0 Å². The number of aliphatic hydroxyl groups is 2. The van der Waals surface area contributed by atoms with Crippen LogP contribution in [0.1, 0.15) is 66.8 Å². The van der Waals surface area contributed by atoms with Crippen molar-refractivity contribution in [2.75, 3.05) is 40.5 Å². The van der Waals surface area contributed by atoms with Crippen LogP contribution in [0.15, 0.2) is 23.8 Å². The number of fused-ring (bicyclic) bond motifs is 3. The number of nitrogens with one attached hydrogen (secondary N) is 1. The minimum Gasteiger partial charge on any atom is -0.493 e. The molecule has 1 aliphatic heterocycles. The highest BCUT2D eigenvalue weighted by atomic mass is 16.5. The van der Waals surface area contributed by atoms with Crippen LogP contribution in [0.2, 0.25) is 0 Å². The molecule has 0 aromatic heterocycles. The Morgan fingerprint density at radius 1 is 1.14 bits per heavy atom. The molecule has 42 heavy (non-hydrogen) atoms. The van der Waals surface area contributed by atoms with Crippen molar-refractivity contribution in [3.8, 4) is 11.5 Å². The lowest BCUT2D eigenvalue weighted by atomic mass is 9.49. The Kier molecular flexibility index (Phi) is 8.06. The van der Waals surface area contributed by atoms with Crippen LogP contribution >= 0.6 is 0 Å². The third kappa shape index (κ3) is 5.11. The summed E-state index contributed by atoms with van der Waals surface area (Å²) in [5.74, 6) is 1.55. The molecule has 4 fully saturated rings. The number of benzene rings is 1. The summed E-state index contributed by atoms with van der Waals surface area (Å²) in [6.07, 6.45) is 7.65. The molecule has 4 bridgehead atoms. The summed E-state index contributed by atoms with van der Waals surface area (Å²) in [5.41, 5.74) is 1.27. The van der Waals surface area contributed by atoms with E-state index in [0.29, 0.717) is 58.8 Å². The fourth-order valence-electron chi connectivity index (χ4n) is 9.10. The van der Waals surface area contributed by atoms with Gasteiger partial charge in [0.15, 0.2) is 11.5 Å². The Morgan fingerprint density at radius 2 is 1.83 bits per heavy atom. The summed E-state index contributed by atoms with van der Waals surface area (Å²) >= 11 is 0. The molecule has 1 aromatic rings. The molecule has 10 heteroatoms. The minimum absolute atomic E-state index is 0.00276. The highest BCUT2D eigenvalue weighted by Gasteiger charge is 2.55. The lowest BCUT2D eigenvalue weighted by Crippen LogP contribution is -2.60. The smallest absolute Gasteiger partial charge is 0.247 e. The summed E-state index contributed by atoms with van der Waals surface area (Å²) in [4.78, 5) is 41.0. The second kappa shape index (κ2) is 11.6. The van der Waals surface area contributed by atoms with Crippen molar-refractivity contribution in [2.24, 2.45) is 23.2 Å². The van der Waals surface area contributed by atoms with Crippen molar-refractivity contribution in [2.45, 2.75) is 69.1 Å². The standard InChI is InChI=1S/C32H42N2O8/c1-40-6-3-26(37)34(17-32-13-18-7-19(14-32)9-20(8-18)15-32)24-12-23(31(39)33-4-5-35)27-22-10-21(16-36)11-25(41-2)29(22)42-30(27)28(24)38/h10-12,16,18-20,24,27-28,30,35,38H,3-9,13-15,17H2,1-2H3,(H,33,39). The Bertz CT molecular complexity index is 1230. The molecule has 0 saturated heterocycles. The van der Waals surface area contributed by atoms with Crippen molar-refractivity contribution in [3.05, 3.63) is 34.9 Å². The number of hydrogen-bond acceptors (Lipinski definition) is 8.